The van der Waals surface area contributed by atoms with Crippen LogP contribution < -0.4 is 5.32 Å². The highest BCUT2D eigenvalue weighted by molar-refractivity contribution is 7.05. The van der Waals surface area contributed by atoms with Gasteiger partial charge in [-0.3, -0.25) is 0 Å². The fourth-order valence-electron chi connectivity index (χ4n) is 2.11. The minimum atomic E-state index is 0.373. The predicted molar refractivity (Wildman–Crippen MR) is 83.8 cm³/mol. The van der Waals surface area contributed by atoms with E-state index in [-0.39, 0.29) is 0 Å². The molecule has 6 nitrogen and oxygen atoms in total. The molecule has 3 aromatic heterocycles. The quantitative estimate of drug-likeness (QED) is 0.802. The van der Waals surface area contributed by atoms with E-state index in [1.54, 1.807) is 0 Å². The van der Waals surface area contributed by atoms with Crippen molar-refractivity contribution in [2.24, 2.45) is 0 Å². The maximum Gasteiger partial charge on any atom is 0.157 e. The molecule has 0 aromatic carbocycles. The molecule has 0 bridgehead atoms. The summed E-state index contributed by atoms with van der Waals surface area (Å²) >= 11 is 1.42. The summed E-state index contributed by atoms with van der Waals surface area (Å²) in [6, 6.07) is 4.06. The number of nitrogens with zero attached hydrogens (tertiary/aromatic N) is 5. The second kappa shape index (κ2) is 5.40. The summed E-state index contributed by atoms with van der Waals surface area (Å²) in [4.78, 5) is 5.79. The van der Waals surface area contributed by atoms with Crippen LogP contribution in [0.3, 0.4) is 0 Å². The third kappa shape index (κ3) is 2.73. The summed E-state index contributed by atoms with van der Waals surface area (Å²) in [7, 11) is 0. The standard InChI is InChI=1S/C14H18N6S/c1-8(2)11-6-13(15-7-12-10(4)17-19-21-12)20-14(16-11)5-9(3)18-20/h5-6,8,15H,7H2,1-4H3. The molecule has 3 rings (SSSR count). The molecule has 110 valence electrons. The van der Waals surface area contributed by atoms with Crippen LogP contribution in [0.25, 0.3) is 5.65 Å². The van der Waals surface area contributed by atoms with Gasteiger partial charge < -0.3 is 5.32 Å². The molecule has 0 aliphatic rings. The fraction of sp³-hybridized carbons (Fsp3) is 0.429. The molecule has 0 fully saturated rings. The first-order valence-electron chi connectivity index (χ1n) is 6.93. The summed E-state index contributed by atoms with van der Waals surface area (Å²) in [6.45, 7) is 8.93. The average molecular weight is 302 g/mol. The lowest BCUT2D eigenvalue weighted by atomic mass is 10.1. The van der Waals surface area contributed by atoms with Gasteiger partial charge in [0, 0.05) is 17.8 Å². The van der Waals surface area contributed by atoms with Gasteiger partial charge in [0.1, 0.15) is 5.82 Å². The number of hydrogen-bond donors (Lipinski definition) is 1. The predicted octanol–water partition coefficient (Wildman–Crippen LogP) is 2.93. The lowest BCUT2D eigenvalue weighted by Crippen LogP contribution is -2.08. The van der Waals surface area contributed by atoms with Crippen molar-refractivity contribution in [2.75, 3.05) is 5.32 Å². The molecule has 0 unspecified atom stereocenters. The molecular formula is C14H18N6S. The highest BCUT2D eigenvalue weighted by atomic mass is 32.1. The van der Waals surface area contributed by atoms with Gasteiger partial charge in [-0.25, -0.2) is 4.98 Å². The summed E-state index contributed by atoms with van der Waals surface area (Å²) < 4.78 is 5.82. The zero-order valence-corrected chi connectivity index (χ0v) is 13.4. The van der Waals surface area contributed by atoms with E-state index in [1.165, 1.54) is 11.5 Å². The molecule has 0 amide bonds. The van der Waals surface area contributed by atoms with Gasteiger partial charge in [-0.1, -0.05) is 18.3 Å². The van der Waals surface area contributed by atoms with Gasteiger partial charge in [0.15, 0.2) is 5.65 Å². The number of hydrogen-bond acceptors (Lipinski definition) is 6. The molecule has 0 radical (unpaired) electrons. The van der Waals surface area contributed by atoms with Crippen molar-refractivity contribution in [1.82, 2.24) is 24.2 Å². The Labute approximate surface area is 127 Å². The topological polar surface area (TPSA) is 68.0 Å². The second-order valence-electron chi connectivity index (χ2n) is 5.41. The largest absolute Gasteiger partial charge is 0.365 e. The van der Waals surface area contributed by atoms with Crippen molar-refractivity contribution in [1.29, 1.82) is 0 Å². The van der Waals surface area contributed by atoms with E-state index in [2.05, 4.69) is 44.9 Å². The van der Waals surface area contributed by atoms with Crippen LogP contribution in [0.1, 0.15) is 41.7 Å². The van der Waals surface area contributed by atoms with Crippen LogP contribution in [0, 0.1) is 13.8 Å². The van der Waals surface area contributed by atoms with Gasteiger partial charge in [0.2, 0.25) is 0 Å². The normalized spacial score (nSPS) is 11.5. The minimum absolute atomic E-state index is 0.373. The lowest BCUT2D eigenvalue weighted by Gasteiger charge is -2.11. The molecule has 0 atom stereocenters. The molecule has 3 heterocycles. The van der Waals surface area contributed by atoms with Crippen LogP contribution >= 0.6 is 11.5 Å². The van der Waals surface area contributed by atoms with Crippen molar-refractivity contribution in [3.8, 4) is 0 Å². The molecule has 1 N–H and O–H groups in total. The lowest BCUT2D eigenvalue weighted by molar-refractivity contribution is 0.806. The van der Waals surface area contributed by atoms with Crippen LogP contribution in [0.5, 0.6) is 0 Å². The molecule has 0 saturated carbocycles. The van der Waals surface area contributed by atoms with Crippen LogP contribution in [0.4, 0.5) is 5.82 Å². The molecule has 7 heteroatoms. The van der Waals surface area contributed by atoms with Crippen molar-refractivity contribution < 1.29 is 0 Å². The summed E-state index contributed by atoms with van der Waals surface area (Å²) in [5.41, 5.74) is 3.87. The molecule has 0 saturated heterocycles. The Hall–Kier alpha value is -2.02. The van der Waals surface area contributed by atoms with E-state index < -0.39 is 0 Å². The summed E-state index contributed by atoms with van der Waals surface area (Å²) in [5, 5.41) is 12.0. The highest BCUT2D eigenvalue weighted by Crippen LogP contribution is 2.20. The Morgan fingerprint density at radius 2 is 2.10 bits per heavy atom. The smallest absolute Gasteiger partial charge is 0.157 e. The zero-order chi connectivity index (χ0) is 15.0. The van der Waals surface area contributed by atoms with E-state index in [0.29, 0.717) is 12.5 Å². The molecule has 0 aliphatic heterocycles. The van der Waals surface area contributed by atoms with Crippen molar-refractivity contribution in [3.05, 3.63) is 34.1 Å². The van der Waals surface area contributed by atoms with E-state index >= 15 is 0 Å². The number of rotatable bonds is 4. The number of nitrogens with one attached hydrogen (secondary N) is 1. The first-order valence-corrected chi connectivity index (χ1v) is 7.71. The van der Waals surface area contributed by atoms with Gasteiger partial charge in [-0.05, 0) is 31.3 Å². The monoisotopic (exact) mass is 302 g/mol. The zero-order valence-electron chi connectivity index (χ0n) is 12.6. The highest BCUT2D eigenvalue weighted by Gasteiger charge is 2.11. The molecular weight excluding hydrogens is 284 g/mol. The van der Waals surface area contributed by atoms with Gasteiger partial charge in [-0.15, -0.1) is 5.10 Å². The van der Waals surface area contributed by atoms with Crippen molar-refractivity contribution >= 4 is 23.0 Å². The van der Waals surface area contributed by atoms with Crippen LogP contribution in [0.2, 0.25) is 0 Å². The first-order chi connectivity index (χ1) is 10.0. The second-order valence-corrected chi connectivity index (χ2v) is 6.25. The third-order valence-corrected chi connectivity index (χ3v) is 4.16. The van der Waals surface area contributed by atoms with Crippen molar-refractivity contribution in [2.45, 2.75) is 40.2 Å². The molecule has 21 heavy (non-hydrogen) atoms. The number of aryl methyl sites for hydroxylation is 2. The van der Waals surface area contributed by atoms with E-state index in [9.17, 15) is 0 Å². The Kier molecular flexibility index (Phi) is 3.59. The van der Waals surface area contributed by atoms with E-state index in [1.807, 2.05) is 24.4 Å². The van der Waals surface area contributed by atoms with Gasteiger partial charge >= 0.3 is 0 Å². The number of anilines is 1. The van der Waals surface area contributed by atoms with Crippen LogP contribution in [0.15, 0.2) is 12.1 Å². The third-order valence-electron chi connectivity index (χ3n) is 3.34. The number of fused-ring (bicyclic) bond motifs is 1. The van der Waals surface area contributed by atoms with E-state index in [0.717, 1.165) is 33.4 Å². The van der Waals surface area contributed by atoms with Crippen LogP contribution in [-0.4, -0.2) is 24.2 Å². The Morgan fingerprint density at radius 3 is 2.76 bits per heavy atom. The Balaban J connectivity index is 1.97. The number of aromatic nitrogens is 5. The summed E-state index contributed by atoms with van der Waals surface area (Å²) in [6.07, 6.45) is 0. The minimum Gasteiger partial charge on any atom is -0.365 e. The van der Waals surface area contributed by atoms with E-state index in [4.69, 9.17) is 0 Å². The molecule has 0 spiro atoms. The molecule has 3 aromatic rings. The van der Waals surface area contributed by atoms with Gasteiger partial charge in [0.05, 0.1) is 22.8 Å². The SMILES string of the molecule is Cc1cc2nc(C(C)C)cc(NCc3snnc3C)n2n1. The van der Waals surface area contributed by atoms with Crippen LogP contribution in [-0.2, 0) is 6.54 Å². The van der Waals surface area contributed by atoms with Crippen molar-refractivity contribution in [3.63, 3.8) is 0 Å². The first kappa shape index (κ1) is 13.9. The Bertz CT molecular complexity index is 773. The fourth-order valence-corrected chi connectivity index (χ4v) is 2.69. The van der Waals surface area contributed by atoms with Gasteiger partial charge in [-0.2, -0.15) is 9.61 Å². The maximum absolute atomic E-state index is 4.66. The average Bonchev–Trinajstić information content (AvgIpc) is 3.00. The van der Waals surface area contributed by atoms with Gasteiger partial charge in [0.25, 0.3) is 0 Å². The Morgan fingerprint density at radius 1 is 1.29 bits per heavy atom. The molecule has 0 aliphatic carbocycles. The summed E-state index contributed by atoms with van der Waals surface area (Å²) in [5.74, 6) is 1.32. The maximum atomic E-state index is 4.66.